The Kier molecular flexibility index (Phi) is 3.77. The van der Waals surface area contributed by atoms with E-state index in [4.69, 9.17) is 0 Å². The predicted molar refractivity (Wildman–Crippen MR) is 67.2 cm³/mol. The number of nitrogens with one attached hydrogen (secondary N) is 2. The first kappa shape index (κ1) is 14.8. The number of carbonyl (C=O) groups is 1. The van der Waals surface area contributed by atoms with Crippen LogP contribution in [0.3, 0.4) is 0 Å². The van der Waals surface area contributed by atoms with Gasteiger partial charge in [0.2, 0.25) is 5.91 Å². The summed E-state index contributed by atoms with van der Waals surface area (Å²) in [5, 5.41) is 9.11. The molecule has 0 radical (unpaired) electrons. The van der Waals surface area contributed by atoms with Crippen LogP contribution in [-0.4, -0.2) is 35.0 Å². The van der Waals surface area contributed by atoms with Crippen LogP contribution in [0.2, 0.25) is 0 Å². The lowest BCUT2D eigenvalue weighted by atomic mass is 9.85. The van der Waals surface area contributed by atoms with Gasteiger partial charge in [0.15, 0.2) is 5.41 Å². The maximum Gasteiger partial charge on any atom is 0.404 e. The van der Waals surface area contributed by atoms with Crippen LogP contribution in [0.4, 0.5) is 18.9 Å². The fourth-order valence-electron chi connectivity index (χ4n) is 2.40. The average molecular weight is 290 g/mol. The van der Waals surface area contributed by atoms with Crippen molar-refractivity contribution in [2.75, 3.05) is 18.4 Å². The van der Waals surface area contributed by atoms with Crippen LogP contribution in [-0.2, 0) is 18.3 Å². The lowest BCUT2D eigenvalue weighted by Crippen LogP contribution is -2.49. The third-order valence-electron chi connectivity index (χ3n) is 3.62. The molecule has 0 saturated carbocycles. The molecule has 1 aliphatic heterocycles. The van der Waals surface area contributed by atoms with Crippen LogP contribution in [0, 0.1) is 5.41 Å². The molecule has 1 unspecified atom stereocenters. The van der Waals surface area contributed by atoms with Gasteiger partial charge in [-0.25, -0.2) is 0 Å². The molecule has 2 rings (SSSR count). The molecule has 1 saturated heterocycles. The average Bonchev–Trinajstić information content (AvgIpc) is 2.95. The predicted octanol–water partition coefficient (Wildman–Crippen LogP) is 1.46. The summed E-state index contributed by atoms with van der Waals surface area (Å²) in [6.07, 6.45) is -2.77. The molecular formula is C12H17F3N4O. The molecule has 2 heterocycles. The Bertz CT molecular complexity index is 503. The highest BCUT2D eigenvalue weighted by Crippen LogP contribution is 2.43. The molecule has 1 aromatic heterocycles. The molecule has 8 heteroatoms. The second-order valence-corrected chi connectivity index (χ2v) is 4.98. The van der Waals surface area contributed by atoms with Crippen LogP contribution < -0.4 is 10.6 Å². The number of carbonyl (C=O) groups excluding carboxylic acids is 1. The number of rotatable bonds is 3. The maximum absolute atomic E-state index is 13.2. The summed E-state index contributed by atoms with van der Waals surface area (Å²) in [4.78, 5) is 12.2. The van der Waals surface area contributed by atoms with E-state index < -0.39 is 17.5 Å². The highest BCUT2D eigenvalue weighted by Gasteiger charge is 2.61. The van der Waals surface area contributed by atoms with Crippen molar-refractivity contribution in [2.24, 2.45) is 12.5 Å². The zero-order valence-corrected chi connectivity index (χ0v) is 11.3. The number of amides is 1. The minimum atomic E-state index is -4.57. The Morgan fingerprint density at radius 1 is 1.60 bits per heavy atom. The molecule has 1 aliphatic rings. The van der Waals surface area contributed by atoms with Crippen LogP contribution in [0.25, 0.3) is 0 Å². The summed E-state index contributed by atoms with van der Waals surface area (Å²) in [5.41, 5.74) is -1.44. The molecule has 2 N–H and O–H groups in total. The Morgan fingerprint density at radius 2 is 2.30 bits per heavy atom. The quantitative estimate of drug-likeness (QED) is 0.886. The normalized spacial score (nSPS) is 23.1. The minimum absolute atomic E-state index is 0.181. The lowest BCUT2D eigenvalue weighted by molar-refractivity contribution is -0.213. The summed E-state index contributed by atoms with van der Waals surface area (Å²) < 4.78 is 41.2. The van der Waals surface area contributed by atoms with E-state index in [0.717, 1.165) is 0 Å². The summed E-state index contributed by atoms with van der Waals surface area (Å²) >= 11 is 0. The van der Waals surface area contributed by atoms with Crippen molar-refractivity contribution < 1.29 is 18.0 Å². The second-order valence-electron chi connectivity index (χ2n) is 4.98. The smallest absolute Gasteiger partial charge is 0.322 e. The van der Waals surface area contributed by atoms with Crippen molar-refractivity contribution >= 4 is 11.6 Å². The van der Waals surface area contributed by atoms with Crippen molar-refractivity contribution in [3.63, 3.8) is 0 Å². The number of anilines is 1. The Morgan fingerprint density at radius 3 is 2.80 bits per heavy atom. The van der Waals surface area contributed by atoms with Gasteiger partial charge in [-0.3, -0.25) is 9.48 Å². The molecule has 112 valence electrons. The number of aromatic nitrogens is 2. The monoisotopic (exact) mass is 290 g/mol. The highest BCUT2D eigenvalue weighted by molar-refractivity contribution is 5.96. The molecule has 0 aliphatic carbocycles. The van der Waals surface area contributed by atoms with Crippen molar-refractivity contribution in [1.82, 2.24) is 15.1 Å². The first-order chi connectivity index (χ1) is 9.30. The molecule has 0 aromatic carbocycles. The molecule has 1 amide bonds. The number of alkyl halides is 3. The van der Waals surface area contributed by atoms with E-state index >= 15 is 0 Å². The number of halogens is 3. The third-order valence-corrected chi connectivity index (χ3v) is 3.62. The summed E-state index contributed by atoms with van der Waals surface area (Å²) in [6.45, 7) is 1.62. The minimum Gasteiger partial charge on any atom is -0.322 e. The fraction of sp³-hybridized carbons (Fsp3) is 0.667. The highest BCUT2D eigenvalue weighted by atomic mass is 19.4. The Balaban J connectivity index is 2.26. The molecule has 5 nitrogen and oxygen atoms in total. The van der Waals surface area contributed by atoms with E-state index in [-0.39, 0.29) is 19.5 Å². The topological polar surface area (TPSA) is 59.0 Å². The van der Waals surface area contributed by atoms with Gasteiger partial charge in [-0.05, 0) is 19.4 Å². The standard InChI is InChI=1S/C12H17F3N4O/c1-3-8-9(6-19(2)18-8)17-10(20)11(12(13,14)15)4-5-16-7-11/h6,16H,3-5,7H2,1-2H3,(H,17,20). The van der Waals surface area contributed by atoms with Crippen LogP contribution >= 0.6 is 0 Å². The SMILES string of the molecule is CCc1nn(C)cc1NC(=O)C1(C(F)(F)F)CCNC1. The number of hydrogen-bond acceptors (Lipinski definition) is 3. The van der Waals surface area contributed by atoms with Gasteiger partial charge in [0.05, 0.1) is 11.4 Å². The summed E-state index contributed by atoms with van der Waals surface area (Å²) in [5.74, 6) is -1.02. The fourth-order valence-corrected chi connectivity index (χ4v) is 2.40. The Hall–Kier alpha value is -1.57. The first-order valence-corrected chi connectivity index (χ1v) is 6.41. The van der Waals surface area contributed by atoms with Crippen LogP contribution in [0.5, 0.6) is 0 Å². The first-order valence-electron chi connectivity index (χ1n) is 6.41. The van der Waals surface area contributed by atoms with Crippen LogP contribution in [0.1, 0.15) is 19.0 Å². The largest absolute Gasteiger partial charge is 0.404 e. The van der Waals surface area contributed by atoms with Crippen molar-refractivity contribution in [2.45, 2.75) is 25.9 Å². The van der Waals surface area contributed by atoms with Gasteiger partial charge in [-0.2, -0.15) is 18.3 Å². The third kappa shape index (κ3) is 2.39. The van der Waals surface area contributed by atoms with Crippen molar-refractivity contribution in [3.8, 4) is 0 Å². The summed E-state index contributed by atoms with van der Waals surface area (Å²) in [6, 6.07) is 0. The second kappa shape index (κ2) is 5.08. The molecule has 20 heavy (non-hydrogen) atoms. The number of aryl methyl sites for hydroxylation is 2. The number of hydrogen-bond donors (Lipinski definition) is 2. The van der Waals surface area contributed by atoms with E-state index in [1.54, 1.807) is 7.05 Å². The van der Waals surface area contributed by atoms with Crippen molar-refractivity contribution in [3.05, 3.63) is 11.9 Å². The van der Waals surface area contributed by atoms with Gasteiger partial charge in [-0.15, -0.1) is 0 Å². The van der Waals surface area contributed by atoms with Gasteiger partial charge >= 0.3 is 6.18 Å². The van der Waals surface area contributed by atoms with Gasteiger partial charge in [0.25, 0.3) is 0 Å². The van der Waals surface area contributed by atoms with E-state index in [1.165, 1.54) is 10.9 Å². The molecule has 1 aromatic rings. The molecule has 1 atom stereocenters. The zero-order chi connectivity index (χ0) is 15.0. The van der Waals surface area contributed by atoms with Gasteiger partial charge in [0.1, 0.15) is 0 Å². The van der Waals surface area contributed by atoms with E-state index in [0.29, 0.717) is 17.8 Å². The number of nitrogens with zero attached hydrogens (tertiary/aromatic N) is 2. The molecule has 0 spiro atoms. The molecule has 0 bridgehead atoms. The van der Waals surface area contributed by atoms with Gasteiger partial charge in [0, 0.05) is 19.8 Å². The van der Waals surface area contributed by atoms with E-state index in [2.05, 4.69) is 15.7 Å². The van der Waals surface area contributed by atoms with Gasteiger partial charge in [-0.1, -0.05) is 6.92 Å². The Labute approximate surface area is 114 Å². The maximum atomic E-state index is 13.2. The molecular weight excluding hydrogens is 273 g/mol. The van der Waals surface area contributed by atoms with Gasteiger partial charge < -0.3 is 10.6 Å². The lowest BCUT2D eigenvalue weighted by Gasteiger charge is -2.29. The van der Waals surface area contributed by atoms with Crippen molar-refractivity contribution in [1.29, 1.82) is 0 Å². The van der Waals surface area contributed by atoms with E-state index in [1.807, 2.05) is 6.92 Å². The van der Waals surface area contributed by atoms with Crippen LogP contribution in [0.15, 0.2) is 6.20 Å². The zero-order valence-electron chi connectivity index (χ0n) is 11.3. The summed E-state index contributed by atoms with van der Waals surface area (Å²) in [7, 11) is 1.66. The van der Waals surface area contributed by atoms with E-state index in [9.17, 15) is 18.0 Å². The molecule has 1 fully saturated rings.